The molecule has 1 saturated heterocycles. The molecule has 7 heteroatoms. The van der Waals surface area contributed by atoms with Gasteiger partial charge in [0.2, 0.25) is 5.91 Å². The minimum absolute atomic E-state index is 0.130. The van der Waals surface area contributed by atoms with Crippen LogP contribution in [0.5, 0.6) is 0 Å². The van der Waals surface area contributed by atoms with E-state index in [0.29, 0.717) is 25.1 Å². The number of aliphatic carboxylic acids is 1. The van der Waals surface area contributed by atoms with Crippen LogP contribution in [0.2, 0.25) is 0 Å². The Hall–Kier alpha value is -2.02. The van der Waals surface area contributed by atoms with Crippen LogP contribution in [-0.2, 0) is 14.3 Å². The largest absolute Gasteiger partial charge is 0.481 e. The second-order valence-corrected chi connectivity index (χ2v) is 5.98. The third-order valence-corrected chi connectivity index (χ3v) is 4.40. The lowest BCUT2D eigenvalue weighted by molar-refractivity contribution is -0.147. The van der Waals surface area contributed by atoms with Crippen molar-refractivity contribution in [3.8, 4) is 0 Å². The monoisotopic (exact) mass is 325 g/mol. The van der Waals surface area contributed by atoms with Crippen molar-refractivity contribution in [2.75, 3.05) is 19.8 Å². The van der Waals surface area contributed by atoms with E-state index in [0.717, 1.165) is 12.1 Å². The van der Waals surface area contributed by atoms with E-state index in [1.807, 2.05) is 0 Å². The van der Waals surface area contributed by atoms with Gasteiger partial charge in [-0.15, -0.1) is 0 Å². The lowest BCUT2D eigenvalue weighted by Crippen LogP contribution is -2.50. The maximum absolute atomic E-state index is 13.3. The highest BCUT2D eigenvalue weighted by Crippen LogP contribution is 2.49. The van der Waals surface area contributed by atoms with E-state index in [4.69, 9.17) is 9.84 Å². The van der Waals surface area contributed by atoms with Gasteiger partial charge in [-0.2, -0.15) is 0 Å². The number of rotatable bonds is 4. The van der Waals surface area contributed by atoms with Gasteiger partial charge in [-0.3, -0.25) is 9.59 Å². The van der Waals surface area contributed by atoms with Crippen LogP contribution in [0.1, 0.15) is 24.3 Å². The molecule has 3 rings (SSSR count). The maximum Gasteiger partial charge on any atom is 0.305 e. The summed E-state index contributed by atoms with van der Waals surface area (Å²) in [6, 6.07) is 3.21. The van der Waals surface area contributed by atoms with Crippen LogP contribution in [0.25, 0.3) is 0 Å². The smallest absolute Gasteiger partial charge is 0.305 e. The molecule has 1 heterocycles. The first-order valence-electron chi connectivity index (χ1n) is 7.52. The van der Waals surface area contributed by atoms with E-state index in [1.165, 1.54) is 6.07 Å². The molecule has 1 aromatic carbocycles. The SMILES string of the molecule is O=C(O)CC1COCCN1C(=O)C1CC1c1ccc(F)c(F)c1. The van der Waals surface area contributed by atoms with Gasteiger partial charge in [0.05, 0.1) is 25.7 Å². The van der Waals surface area contributed by atoms with Crippen LogP contribution in [0, 0.1) is 17.6 Å². The summed E-state index contributed by atoms with van der Waals surface area (Å²) in [5.74, 6) is -3.37. The summed E-state index contributed by atoms with van der Waals surface area (Å²) in [5.41, 5.74) is 0.602. The number of carboxylic acids is 1. The molecule has 0 aromatic heterocycles. The van der Waals surface area contributed by atoms with Gasteiger partial charge in [0.25, 0.3) is 0 Å². The van der Waals surface area contributed by atoms with Crippen LogP contribution in [0.15, 0.2) is 18.2 Å². The quantitative estimate of drug-likeness (QED) is 0.916. The summed E-state index contributed by atoms with van der Waals surface area (Å²) in [5, 5.41) is 8.94. The van der Waals surface area contributed by atoms with Crippen molar-refractivity contribution in [2.24, 2.45) is 5.92 Å². The third-order valence-electron chi connectivity index (χ3n) is 4.40. The summed E-state index contributed by atoms with van der Waals surface area (Å²) in [6.07, 6.45) is 0.412. The van der Waals surface area contributed by atoms with Crippen molar-refractivity contribution in [3.63, 3.8) is 0 Å². The molecule has 1 amide bonds. The molecule has 3 unspecified atom stereocenters. The first-order chi connectivity index (χ1) is 11.0. The molecule has 23 heavy (non-hydrogen) atoms. The molecular formula is C16H17F2NO4. The van der Waals surface area contributed by atoms with Crippen LogP contribution in [0.4, 0.5) is 8.78 Å². The normalized spacial score (nSPS) is 26.9. The average molecular weight is 325 g/mol. The minimum atomic E-state index is -0.980. The second-order valence-electron chi connectivity index (χ2n) is 5.98. The highest BCUT2D eigenvalue weighted by Gasteiger charge is 2.47. The maximum atomic E-state index is 13.3. The Morgan fingerprint density at radius 3 is 2.78 bits per heavy atom. The van der Waals surface area contributed by atoms with E-state index >= 15 is 0 Å². The van der Waals surface area contributed by atoms with Gasteiger partial charge >= 0.3 is 5.97 Å². The minimum Gasteiger partial charge on any atom is -0.481 e. The predicted octanol–water partition coefficient (Wildman–Crippen LogP) is 1.77. The first kappa shape index (κ1) is 15.9. The van der Waals surface area contributed by atoms with Crippen LogP contribution >= 0.6 is 0 Å². The Morgan fingerprint density at radius 2 is 2.09 bits per heavy atom. The number of benzene rings is 1. The number of carbonyl (C=O) groups excluding carboxylic acids is 1. The van der Waals surface area contributed by atoms with Crippen molar-refractivity contribution in [1.82, 2.24) is 4.90 Å². The highest BCUT2D eigenvalue weighted by atomic mass is 19.2. The number of hydrogen-bond acceptors (Lipinski definition) is 3. The van der Waals surface area contributed by atoms with E-state index in [2.05, 4.69) is 0 Å². The van der Waals surface area contributed by atoms with Crippen molar-refractivity contribution in [3.05, 3.63) is 35.4 Å². The summed E-state index contributed by atoms with van der Waals surface area (Å²) < 4.78 is 31.5. The van der Waals surface area contributed by atoms with Gasteiger partial charge in [0.1, 0.15) is 0 Å². The number of halogens is 2. The second kappa shape index (κ2) is 6.23. The molecule has 0 radical (unpaired) electrons. The Morgan fingerprint density at radius 1 is 1.30 bits per heavy atom. The Bertz CT molecular complexity index is 637. The Balaban J connectivity index is 1.68. The predicted molar refractivity (Wildman–Crippen MR) is 75.8 cm³/mol. The molecule has 1 aromatic rings. The van der Waals surface area contributed by atoms with Crippen LogP contribution < -0.4 is 0 Å². The van der Waals surface area contributed by atoms with Gasteiger partial charge in [0, 0.05) is 12.5 Å². The Kier molecular flexibility index (Phi) is 4.30. The number of amides is 1. The first-order valence-corrected chi connectivity index (χ1v) is 7.52. The lowest BCUT2D eigenvalue weighted by atomic mass is 10.1. The number of carboxylic acid groups (broad SMARTS) is 1. The summed E-state index contributed by atoms with van der Waals surface area (Å²) >= 11 is 0. The lowest BCUT2D eigenvalue weighted by Gasteiger charge is -2.35. The topological polar surface area (TPSA) is 66.8 Å². The number of carbonyl (C=O) groups is 2. The number of morpholine rings is 1. The van der Waals surface area contributed by atoms with Crippen LogP contribution in [0.3, 0.4) is 0 Å². The number of hydrogen-bond donors (Lipinski definition) is 1. The molecule has 1 aliphatic carbocycles. The van der Waals surface area contributed by atoms with Crippen LogP contribution in [-0.4, -0.2) is 47.7 Å². The summed E-state index contributed by atoms with van der Waals surface area (Å²) in [4.78, 5) is 25.1. The molecule has 0 spiro atoms. The zero-order valence-electron chi connectivity index (χ0n) is 12.4. The van der Waals surface area contributed by atoms with Crippen molar-refractivity contribution >= 4 is 11.9 Å². The molecule has 1 aliphatic heterocycles. The van der Waals surface area contributed by atoms with Gasteiger partial charge < -0.3 is 14.7 Å². The van der Waals surface area contributed by atoms with E-state index < -0.39 is 23.6 Å². The van der Waals surface area contributed by atoms with Crippen molar-refractivity contribution < 1.29 is 28.2 Å². The zero-order valence-corrected chi connectivity index (χ0v) is 12.4. The van der Waals surface area contributed by atoms with Gasteiger partial charge in [0.15, 0.2) is 11.6 Å². The van der Waals surface area contributed by atoms with Gasteiger partial charge in [-0.05, 0) is 30.0 Å². The molecule has 5 nitrogen and oxygen atoms in total. The summed E-state index contributed by atoms with van der Waals surface area (Å²) in [6.45, 7) is 0.947. The zero-order chi connectivity index (χ0) is 16.6. The summed E-state index contributed by atoms with van der Waals surface area (Å²) in [7, 11) is 0. The average Bonchev–Trinajstić information content (AvgIpc) is 3.30. The van der Waals surface area contributed by atoms with E-state index in [9.17, 15) is 18.4 Å². The van der Waals surface area contributed by atoms with Gasteiger partial charge in [-0.25, -0.2) is 8.78 Å². The highest BCUT2D eigenvalue weighted by molar-refractivity contribution is 5.84. The van der Waals surface area contributed by atoms with Crippen molar-refractivity contribution in [2.45, 2.75) is 24.8 Å². The fourth-order valence-corrected chi connectivity index (χ4v) is 3.11. The molecule has 1 saturated carbocycles. The molecule has 0 bridgehead atoms. The molecule has 2 fully saturated rings. The third kappa shape index (κ3) is 3.34. The van der Waals surface area contributed by atoms with E-state index in [1.54, 1.807) is 4.90 Å². The fraction of sp³-hybridized carbons (Fsp3) is 0.500. The van der Waals surface area contributed by atoms with Gasteiger partial charge in [-0.1, -0.05) is 6.07 Å². The molecule has 3 atom stereocenters. The van der Waals surface area contributed by atoms with Crippen molar-refractivity contribution in [1.29, 1.82) is 0 Å². The molecule has 2 aliphatic rings. The molecule has 124 valence electrons. The Labute approximate surface area is 131 Å². The molecular weight excluding hydrogens is 308 g/mol. The standard InChI is InChI=1S/C16H17F2NO4/c17-13-2-1-9(5-14(13)18)11-7-12(11)16(22)19-3-4-23-8-10(19)6-15(20)21/h1-2,5,10-12H,3-4,6-8H2,(H,20,21). The number of nitrogens with zero attached hydrogens (tertiary/aromatic N) is 1. The molecule has 1 N–H and O–H groups in total. The van der Waals surface area contributed by atoms with E-state index in [-0.39, 0.29) is 30.8 Å². The number of ether oxygens (including phenoxy) is 1. The fourth-order valence-electron chi connectivity index (χ4n) is 3.11.